The molecule has 1 aromatic carbocycles. The van der Waals surface area contributed by atoms with E-state index in [1.165, 1.54) is 12.1 Å². The third-order valence-electron chi connectivity index (χ3n) is 5.80. The molecular formula is C19H30ClN3O3S. The van der Waals surface area contributed by atoms with Crippen molar-refractivity contribution in [3.05, 3.63) is 29.8 Å². The van der Waals surface area contributed by atoms with Crippen LogP contribution in [0.5, 0.6) is 0 Å². The van der Waals surface area contributed by atoms with Gasteiger partial charge in [-0.2, -0.15) is 4.31 Å². The molecule has 8 heteroatoms. The minimum atomic E-state index is -3.49. The van der Waals surface area contributed by atoms with Crippen LogP contribution in [0, 0.1) is 11.8 Å². The molecule has 2 aliphatic rings. The van der Waals surface area contributed by atoms with Crippen LogP contribution in [-0.2, 0) is 10.0 Å². The van der Waals surface area contributed by atoms with Crippen LogP contribution in [-0.4, -0.2) is 43.8 Å². The Kier molecular flexibility index (Phi) is 6.95. The number of nitrogens with two attached hydrogens (primary N) is 1. The molecule has 27 heavy (non-hydrogen) atoms. The van der Waals surface area contributed by atoms with Crippen molar-refractivity contribution in [3.8, 4) is 0 Å². The average Bonchev–Trinajstić information content (AvgIpc) is 3.48. The Morgan fingerprint density at radius 1 is 1.19 bits per heavy atom. The molecule has 1 unspecified atom stereocenters. The third-order valence-corrected chi connectivity index (χ3v) is 7.71. The standard InChI is InChI=1S/C19H29N3O3S.ClH/c1-14-9-11-22(12-10-14)26(24,25)17-7-3-15(4-8-17)18(23)21-19(2,13-20)16-5-6-16;/h3-4,7-8,14,16H,5-6,9-13,20H2,1-2H3,(H,21,23);1H. The number of benzene rings is 1. The summed E-state index contributed by atoms with van der Waals surface area (Å²) in [5.41, 5.74) is 5.91. The van der Waals surface area contributed by atoms with E-state index in [0.717, 1.165) is 25.7 Å². The lowest BCUT2D eigenvalue weighted by molar-refractivity contribution is 0.0897. The minimum absolute atomic E-state index is 0. The molecule has 0 bridgehead atoms. The Hall–Kier alpha value is -1.15. The van der Waals surface area contributed by atoms with Gasteiger partial charge in [-0.1, -0.05) is 6.92 Å². The van der Waals surface area contributed by atoms with Crippen molar-refractivity contribution in [2.24, 2.45) is 17.6 Å². The number of sulfonamides is 1. The molecular weight excluding hydrogens is 386 g/mol. The molecule has 1 aliphatic heterocycles. The van der Waals surface area contributed by atoms with Crippen LogP contribution in [0.4, 0.5) is 0 Å². The zero-order chi connectivity index (χ0) is 18.9. The van der Waals surface area contributed by atoms with Crippen molar-refractivity contribution < 1.29 is 13.2 Å². The molecule has 2 fully saturated rings. The van der Waals surface area contributed by atoms with Crippen LogP contribution in [0.25, 0.3) is 0 Å². The third kappa shape index (κ3) is 4.83. The number of carbonyl (C=O) groups is 1. The zero-order valence-corrected chi connectivity index (χ0v) is 17.6. The number of piperidine rings is 1. The quantitative estimate of drug-likeness (QED) is 0.746. The average molecular weight is 416 g/mol. The number of hydrogen-bond donors (Lipinski definition) is 2. The van der Waals surface area contributed by atoms with Gasteiger partial charge in [0, 0.05) is 25.2 Å². The lowest BCUT2D eigenvalue weighted by atomic mass is 9.95. The summed E-state index contributed by atoms with van der Waals surface area (Å²) in [4.78, 5) is 12.8. The number of carbonyl (C=O) groups excluding carboxylic acids is 1. The van der Waals surface area contributed by atoms with Gasteiger partial charge in [0.2, 0.25) is 10.0 Å². The van der Waals surface area contributed by atoms with Crippen LogP contribution in [0.15, 0.2) is 29.2 Å². The van der Waals surface area contributed by atoms with Crippen molar-refractivity contribution in [3.63, 3.8) is 0 Å². The molecule has 3 N–H and O–H groups in total. The van der Waals surface area contributed by atoms with E-state index in [2.05, 4.69) is 12.2 Å². The normalized spacial score (nSPS) is 21.1. The Balaban J connectivity index is 0.00000261. The van der Waals surface area contributed by atoms with Gasteiger partial charge >= 0.3 is 0 Å². The second kappa shape index (κ2) is 8.47. The summed E-state index contributed by atoms with van der Waals surface area (Å²) in [6.45, 7) is 5.63. The monoisotopic (exact) mass is 415 g/mol. The van der Waals surface area contributed by atoms with Crippen molar-refractivity contribution >= 4 is 28.3 Å². The van der Waals surface area contributed by atoms with Crippen molar-refractivity contribution in [2.45, 2.75) is 50.0 Å². The van der Waals surface area contributed by atoms with Gasteiger partial charge in [0.05, 0.1) is 10.4 Å². The molecule has 1 aromatic rings. The van der Waals surface area contributed by atoms with E-state index in [4.69, 9.17) is 5.73 Å². The van der Waals surface area contributed by atoms with Crippen LogP contribution >= 0.6 is 12.4 Å². The highest BCUT2D eigenvalue weighted by atomic mass is 35.5. The summed E-state index contributed by atoms with van der Waals surface area (Å²) in [6, 6.07) is 6.22. The summed E-state index contributed by atoms with van der Waals surface area (Å²) >= 11 is 0. The van der Waals surface area contributed by atoms with E-state index in [1.807, 2.05) is 6.92 Å². The first-order chi connectivity index (χ1) is 12.3. The van der Waals surface area contributed by atoms with Gasteiger partial charge < -0.3 is 11.1 Å². The maximum absolute atomic E-state index is 12.8. The lowest BCUT2D eigenvalue weighted by Gasteiger charge is -2.30. The van der Waals surface area contributed by atoms with E-state index in [1.54, 1.807) is 16.4 Å². The van der Waals surface area contributed by atoms with Crippen LogP contribution < -0.4 is 11.1 Å². The van der Waals surface area contributed by atoms with Crippen LogP contribution in [0.1, 0.15) is 49.9 Å². The van der Waals surface area contributed by atoms with Gasteiger partial charge in [-0.15, -0.1) is 12.4 Å². The second-order valence-corrected chi connectivity index (χ2v) is 9.90. The van der Waals surface area contributed by atoms with Crippen LogP contribution in [0.2, 0.25) is 0 Å². The van der Waals surface area contributed by atoms with Gasteiger partial charge in [0.15, 0.2) is 0 Å². The highest BCUT2D eigenvalue weighted by Gasteiger charge is 2.41. The molecule has 1 aliphatic carbocycles. The fourth-order valence-corrected chi connectivity index (χ4v) is 4.99. The number of nitrogens with zero attached hydrogens (tertiary/aromatic N) is 1. The summed E-state index contributed by atoms with van der Waals surface area (Å²) in [6.07, 6.45) is 3.94. The first-order valence-corrected chi connectivity index (χ1v) is 10.8. The Morgan fingerprint density at radius 3 is 2.22 bits per heavy atom. The minimum Gasteiger partial charge on any atom is -0.345 e. The Bertz CT molecular complexity index is 757. The zero-order valence-electron chi connectivity index (χ0n) is 16.0. The molecule has 1 atom stereocenters. The van der Waals surface area contributed by atoms with E-state index in [0.29, 0.717) is 37.0 Å². The van der Waals surface area contributed by atoms with E-state index in [9.17, 15) is 13.2 Å². The highest BCUT2D eigenvalue weighted by molar-refractivity contribution is 7.89. The SMILES string of the molecule is CC1CCN(S(=O)(=O)c2ccc(C(=O)NC(C)(CN)C3CC3)cc2)CC1.Cl. The number of halogens is 1. The fraction of sp³-hybridized carbons (Fsp3) is 0.632. The molecule has 3 rings (SSSR count). The fourth-order valence-electron chi connectivity index (χ4n) is 3.52. The molecule has 0 spiro atoms. The number of nitrogens with one attached hydrogen (secondary N) is 1. The summed E-state index contributed by atoms with van der Waals surface area (Å²) in [7, 11) is -3.49. The summed E-state index contributed by atoms with van der Waals surface area (Å²) < 4.78 is 27.1. The smallest absolute Gasteiger partial charge is 0.251 e. The van der Waals surface area contributed by atoms with Crippen LogP contribution in [0.3, 0.4) is 0 Å². The molecule has 1 heterocycles. The van der Waals surface area contributed by atoms with Gasteiger partial charge in [0.1, 0.15) is 0 Å². The van der Waals surface area contributed by atoms with Gasteiger partial charge in [0.25, 0.3) is 5.91 Å². The van der Waals surface area contributed by atoms with Gasteiger partial charge in [-0.05, 0) is 68.7 Å². The predicted molar refractivity (Wildman–Crippen MR) is 108 cm³/mol. The van der Waals surface area contributed by atoms with Crippen molar-refractivity contribution in [1.29, 1.82) is 0 Å². The summed E-state index contributed by atoms with van der Waals surface area (Å²) in [5, 5.41) is 3.02. The molecule has 0 radical (unpaired) electrons. The molecule has 1 saturated heterocycles. The van der Waals surface area contributed by atoms with E-state index in [-0.39, 0.29) is 23.2 Å². The largest absolute Gasteiger partial charge is 0.345 e. The van der Waals surface area contributed by atoms with Crippen molar-refractivity contribution in [2.75, 3.05) is 19.6 Å². The highest BCUT2D eigenvalue weighted by Crippen LogP contribution is 2.39. The maximum Gasteiger partial charge on any atom is 0.251 e. The molecule has 0 aromatic heterocycles. The number of hydrogen-bond acceptors (Lipinski definition) is 4. The number of rotatable bonds is 6. The molecule has 1 amide bonds. The van der Waals surface area contributed by atoms with E-state index < -0.39 is 15.6 Å². The predicted octanol–water partition coefficient (Wildman–Crippen LogP) is 2.39. The van der Waals surface area contributed by atoms with Gasteiger partial charge in [-0.25, -0.2) is 8.42 Å². The first kappa shape index (κ1) is 22.1. The Labute approximate surface area is 168 Å². The van der Waals surface area contributed by atoms with E-state index >= 15 is 0 Å². The second-order valence-electron chi connectivity index (χ2n) is 7.96. The lowest BCUT2D eigenvalue weighted by Crippen LogP contribution is -2.53. The first-order valence-electron chi connectivity index (χ1n) is 9.39. The number of amides is 1. The molecule has 1 saturated carbocycles. The van der Waals surface area contributed by atoms with Crippen molar-refractivity contribution in [1.82, 2.24) is 9.62 Å². The molecule has 152 valence electrons. The topological polar surface area (TPSA) is 92.5 Å². The Morgan fingerprint density at radius 2 is 1.74 bits per heavy atom. The summed E-state index contributed by atoms with van der Waals surface area (Å²) in [5.74, 6) is 0.786. The maximum atomic E-state index is 12.8. The van der Waals surface area contributed by atoms with Gasteiger partial charge in [-0.3, -0.25) is 4.79 Å². The molecule has 6 nitrogen and oxygen atoms in total.